The molecular formula is C12H10N2O5S. The second kappa shape index (κ2) is 5.17. The summed E-state index contributed by atoms with van der Waals surface area (Å²) in [6.07, 6.45) is 1.16. The number of hydrogen-bond acceptors (Lipinski definition) is 4. The molecule has 0 unspecified atom stereocenters. The van der Waals surface area contributed by atoms with Crippen molar-refractivity contribution in [3.63, 3.8) is 0 Å². The lowest BCUT2D eigenvalue weighted by atomic mass is 10.2. The van der Waals surface area contributed by atoms with Crippen LogP contribution in [0.2, 0.25) is 0 Å². The predicted octanol–water partition coefficient (Wildman–Crippen LogP) is 0.874. The summed E-state index contributed by atoms with van der Waals surface area (Å²) in [7, 11) is -3.95. The zero-order valence-corrected chi connectivity index (χ0v) is 10.8. The summed E-state index contributed by atoms with van der Waals surface area (Å²) in [4.78, 5) is 24.6. The van der Waals surface area contributed by atoms with Crippen LogP contribution >= 0.6 is 0 Å². The summed E-state index contributed by atoms with van der Waals surface area (Å²) in [6, 6.07) is 8.60. The van der Waals surface area contributed by atoms with Gasteiger partial charge in [-0.3, -0.25) is 9.52 Å². The second-order valence-electron chi connectivity index (χ2n) is 3.82. The minimum absolute atomic E-state index is 0.0309. The lowest BCUT2D eigenvalue weighted by molar-refractivity contribution is 0.0696. The number of H-pyrrole nitrogens is 1. The number of benzene rings is 1. The average molecular weight is 294 g/mol. The molecule has 104 valence electrons. The molecule has 3 N–H and O–H groups in total. The Labute approximate surface area is 114 Å². The van der Waals surface area contributed by atoms with Crippen molar-refractivity contribution in [2.75, 3.05) is 4.72 Å². The second-order valence-corrected chi connectivity index (χ2v) is 5.50. The van der Waals surface area contributed by atoms with Crippen LogP contribution in [0.15, 0.2) is 52.3 Å². The van der Waals surface area contributed by atoms with E-state index in [9.17, 15) is 18.0 Å². The summed E-state index contributed by atoms with van der Waals surface area (Å²) in [5.74, 6) is -1.52. The van der Waals surface area contributed by atoms with Crippen LogP contribution in [-0.4, -0.2) is 24.5 Å². The number of anilines is 1. The number of rotatable bonds is 4. The number of sulfonamides is 1. The van der Waals surface area contributed by atoms with E-state index in [1.807, 2.05) is 0 Å². The molecule has 0 saturated heterocycles. The summed E-state index contributed by atoms with van der Waals surface area (Å²) in [5, 5.41) is 8.96. The number of pyridine rings is 1. The molecule has 8 heteroatoms. The quantitative estimate of drug-likeness (QED) is 0.773. The minimum Gasteiger partial charge on any atom is -0.477 e. The maximum atomic E-state index is 12.1. The fourth-order valence-corrected chi connectivity index (χ4v) is 2.67. The largest absolute Gasteiger partial charge is 0.477 e. The third-order valence-electron chi connectivity index (χ3n) is 2.47. The van der Waals surface area contributed by atoms with Crippen molar-refractivity contribution >= 4 is 21.7 Å². The van der Waals surface area contributed by atoms with Crippen molar-refractivity contribution in [2.24, 2.45) is 0 Å². The molecular weight excluding hydrogens is 284 g/mol. The van der Waals surface area contributed by atoms with E-state index in [1.165, 1.54) is 30.3 Å². The Balaban J connectivity index is 2.49. The Kier molecular flexibility index (Phi) is 3.57. The van der Waals surface area contributed by atoms with Gasteiger partial charge >= 0.3 is 5.97 Å². The van der Waals surface area contributed by atoms with Crippen LogP contribution in [0, 0.1) is 0 Å². The third-order valence-corrected chi connectivity index (χ3v) is 3.85. The molecule has 20 heavy (non-hydrogen) atoms. The first kappa shape index (κ1) is 13.8. The van der Waals surface area contributed by atoms with Gasteiger partial charge in [-0.1, -0.05) is 18.2 Å². The van der Waals surface area contributed by atoms with Crippen LogP contribution in [0.3, 0.4) is 0 Å². The molecule has 0 aliphatic heterocycles. The molecule has 0 saturated carbocycles. The Bertz CT molecular complexity index is 796. The highest BCUT2D eigenvalue weighted by molar-refractivity contribution is 7.92. The van der Waals surface area contributed by atoms with Crippen LogP contribution < -0.4 is 10.3 Å². The molecule has 0 bridgehead atoms. The molecule has 7 nitrogen and oxygen atoms in total. The summed E-state index contributed by atoms with van der Waals surface area (Å²) in [6.45, 7) is 0. The van der Waals surface area contributed by atoms with Crippen LogP contribution in [0.4, 0.5) is 5.69 Å². The Morgan fingerprint density at radius 1 is 1.15 bits per heavy atom. The lowest BCUT2D eigenvalue weighted by Crippen LogP contribution is -2.22. The van der Waals surface area contributed by atoms with Crippen LogP contribution in [0.5, 0.6) is 0 Å². The molecule has 2 rings (SSSR count). The van der Waals surface area contributed by atoms with Gasteiger partial charge < -0.3 is 10.1 Å². The Hall–Kier alpha value is -2.61. The van der Waals surface area contributed by atoms with Gasteiger partial charge in [0.15, 0.2) is 0 Å². The first-order valence-corrected chi connectivity index (χ1v) is 6.93. The van der Waals surface area contributed by atoms with Gasteiger partial charge in [0.05, 0.1) is 10.6 Å². The van der Waals surface area contributed by atoms with Gasteiger partial charge in [-0.05, 0) is 18.2 Å². The van der Waals surface area contributed by atoms with E-state index in [4.69, 9.17) is 5.11 Å². The van der Waals surface area contributed by atoms with Crippen LogP contribution in [-0.2, 0) is 10.0 Å². The van der Waals surface area contributed by atoms with Gasteiger partial charge in [0.2, 0.25) is 0 Å². The maximum absolute atomic E-state index is 12.1. The molecule has 0 atom stereocenters. The summed E-state index contributed by atoms with van der Waals surface area (Å²) >= 11 is 0. The Morgan fingerprint density at radius 3 is 2.40 bits per heavy atom. The number of nitrogens with one attached hydrogen (secondary N) is 2. The van der Waals surface area contributed by atoms with Crippen molar-refractivity contribution in [3.8, 4) is 0 Å². The average Bonchev–Trinajstić information content (AvgIpc) is 2.39. The third kappa shape index (κ3) is 2.69. The van der Waals surface area contributed by atoms with Gasteiger partial charge in [-0.2, -0.15) is 0 Å². The van der Waals surface area contributed by atoms with E-state index in [0.717, 1.165) is 6.20 Å². The van der Waals surface area contributed by atoms with E-state index in [0.29, 0.717) is 0 Å². The first-order valence-electron chi connectivity index (χ1n) is 5.44. The molecule has 0 spiro atoms. The number of carboxylic acid groups (broad SMARTS) is 1. The molecule has 1 aromatic carbocycles. The summed E-state index contributed by atoms with van der Waals surface area (Å²) < 4.78 is 26.2. The zero-order chi connectivity index (χ0) is 14.8. The number of aromatic nitrogens is 1. The zero-order valence-electron chi connectivity index (χ0n) is 10.0. The topological polar surface area (TPSA) is 116 Å². The van der Waals surface area contributed by atoms with E-state index in [1.54, 1.807) is 6.07 Å². The van der Waals surface area contributed by atoms with Crippen molar-refractivity contribution in [1.82, 2.24) is 4.98 Å². The van der Waals surface area contributed by atoms with Gasteiger partial charge in [-0.15, -0.1) is 0 Å². The fraction of sp³-hybridized carbons (Fsp3) is 0. The SMILES string of the molecule is O=C(O)c1c(NS(=O)(=O)c2ccccc2)cc[nH]c1=O. The number of aromatic amines is 1. The van der Waals surface area contributed by atoms with Crippen molar-refractivity contribution in [2.45, 2.75) is 4.90 Å². The van der Waals surface area contributed by atoms with Gasteiger partial charge in [0.25, 0.3) is 15.6 Å². The van der Waals surface area contributed by atoms with E-state index in [2.05, 4.69) is 9.71 Å². The van der Waals surface area contributed by atoms with E-state index in [-0.39, 0.29) is 10.6 Å². The molecule has 0 aliphatic rings. The molecule has 0 radical (unpaired) electrons. The van der Waals surface area contributed by atoms with Crippen LogP contribution in [0.25, 0.3) is 0 Å². The number of hydrogen-bond donors (Lipinski definition) is 3. The standard InChI is InChI=1S/C12H10N2O5S/c15-11-10(12(16)17)9(6-7-13-11)14-20(18,19)8-4-2-1-3-5-8/h1-7H,(H,16,17)(H2,13,14,15). The highest BCUT2D eigenvalue weighted by atomic mass is 32.2. The van der Waals surface area contributed by atoms with Gasteiger partial charge in [0, 0.05) is 6.20 Å². The highest BCUT2D eigenvalue weighted by Crippen LogP contribution is 2.17. The normalized spacial score (nSPS) is 11.0. The molecule has 0 amide bonds. The molecule has 1 aromatic heterocycles. The minimum atomic E-state index is -3.95. The highest BCUT2D eigenvalue weighted by Gasteiger charge is 2.20. The number of carbonyl (C=O) groups is 1. The number of carboxylic acids is 1. The Morgan fingerprint density at radius 2 is 1.80 bits per heavy atom. The fourth-order valence-electron chi connectivity index (χ4n) is 1.58. The first-order chi connectivity index (χ1) is 9.42. The van der Waals surface area contributed by atoms with Crippen molar-refractivity contribution in [3.05, 3.63) is 58.5 Å². The maximum Gasteiger partial charge on any atom is 0.343 e. The predicted molar refractivity (Wildman–Crippen MR) is 71.3 cm³/mol. The van der Waals surface area contributed by atoms with Crippen molar-refractivity contribution < 1.29 is 18.3 Å². The smallest absolute Gasteiger partial charge is 0.343 e. The van der Waals surface area contributed by atoms with Crippen LogP contribution in [0.1, 0.15) is 10.4 Å². The monoisotopic (exact) mass is 294 g/mol. The van der Waals surface area contributed by atoms with Gasteiger partial charge in [0.1, 0.15) is 5.56 Å². The van der Waals surface area contributed by atoms with E-state index >= 15 is 0 Å². The lowest BCUT2D eigenvalue weighted by Gasteiger charge is -2.09. The molecule has 0 aliphatic carbocycles. The van der Waals surface area contributed by atoms with Gasteiger partial charge in [-0.25, -0.2) is 13.2 Å². The van der Waals surface area contributed by atoms with Crippen molar-refractivity contribution in [1.29, 1.82) is 0 Å². The molecule has 2 aromatic rings. The van der Waals surface area contributed by atoms with E-state index < -0.39 is 27.1 Å². The summed E-state index contributed by atoms with van der Waals surface area (Å²) in [5.41, 5.74) is -1.83. The number of aromatic carboxylic acids is 1. The molecule has 1 heterocycles. The molecule has 0 fully saturated rings.